The number of carboxylic acid groups (broad SMARTS) is 1. The molecule has 1 saturated heterocycles. The zero-order chi connectivity index (χ0) is 17.3. The Morgan fingerprint density at radius 3 is 2.75 bits per heavy atom. The van der Waals surface area contributed by atoms with Gasteiger partial charge >= 0.3 is 5.97 Å². The Labute approximate surface area is 148 Å². The molecule has 1 atom stereocenters. The summed E-state index contributed by atoms with van der Waals surface area (Å²) in [4.78, 5) is 13.7. The minimum absolute atomic E-state index is 0.175. The van der Waals surface area contributed by atoms with Crippen LogP contribution in [-0.2, 0) is 5.88 Å². The number of likely N-dealkylation sites (tertiary alicyclic amines) is 1. The zero-order valence-corrected chi connectivity index (χ0v) is 15.2. The molecule has 24 heavy (non-hydrogen) atoms. The number of nitrogens with zero attached hydrogens (tertiary/aromatic N) is 1. The number of piperidine rings is 1. The molecule has 1 aliphatic carbocycles. The number of carbonyl (C=O) groups is 1. The Morgan fingerprint density at radius 1 is 1.42 bits per heavy atom. The van der Waals surface area contributed by atoms with Gasteiger partial charge in [0.05, 0.1) is 5.56 Å². The normalized spacial score (nSPS) is 22.8. The summed E-state index contributed by atoms with van der Waals surface area (Å²) in [6, 6.07) is 5.15. The van der Waals surface area contributed by atoms with E-state index in [1.165, 1.54) is 19.3 Å². The second-order valence-electron chi connectivity index (χ2n) is 7.63. The van der Waals surface area contributed by atoms with E-state index in [0.717, 1.165) is 25.4 Å². The zero-order valence-electron chi connectivity index (χ0n) is 14.4. The molecule has 132 valence electrons. The molecule has 1 spiro atoms. The summed E-state index contributed by atoms with van der Waals surface area (Å²) in [5.74, 6) is 0.611. The van der Waals surface area contributed by atoms with Gasteiger partial charge in [-0.2, -0.15) is 0 Å². The minimum Gasteiger partial charge on any atom is -0.489 e. The molecule has 1 heterocycles. The first-order chi connectivity index (χ1) is 11.4. The number of alkyl halides is 1. The maximum Gasteiger partial charge on any atom is 0.336 e. The summed E-state index contributed by atoms with van der Waals surface area (Å²) in [5.41, 5.74) is 1.20. The number of hydrogen-bond acceptors (Lipinski definition) is 3. The summed E-state index contributed by atoms with van der Waals surface area (Å²) >= 11 is 5.91. The number of ether oxygens (including phenoxy) is 1. The predicted octanol–water partition coefficient (Wildman–Crippen LogP) is 4.01. The first-order valence-corrected chi connectivity index (χ1v) is 9.28. The van der Waals surface area contributed by atoms with E-state index in [1.807, 2.05) is 0 Å². The van der Waals surface area contributed by atoms with E-state index in [9.17, 15) is 9.90 Å². The Morgan fingerprint density at radius 2 is 2.17 bits per heavy atom. The van der Waals surface area contributed by atoms with Crippen LogP contribution in [0.5, 0.6) is 5.75 Å². The molecule has 0 amide bonds. The van der Waals surface area contributed by atoms with Crippen LogP contribution in [0.3, 0.4) is 0 Å². The van der Waals surface area contributed by atoms with E-state index in [2.05, 4.69) is 18.7 Å². The molecule has 1 N–H and O–H groups in total. The lowest BCUT2D eigenvalue weighted by Gasteiger charge is -2.39. The predicted molar refractivity (Wildman–Crippen MR) is 94.9 cm³/mol. The van der Waals surface area contributed by atoms with Crippen molar-refractivity contribution in [1.82, 2.24) is 4.90 Å². The molecular formula is C19H26ClNO3. The van der Waals surface area contributed by atoms with Gasteiger partial charge < -0.3 is 9.84 Å². The summed E-state index contributed by atoms with van der Waals surface area (Å²) < 4.78 is 6.33. The van der Waals surface area contributed by atoms with E-state index in [-0.39, 0.29) is 17.5 Å². The maximum atomic E-state index is 11.2. The molecule has 0 radical (unpaired) electrons. The van der Waals surface area contributed by atoms with Crippen molar-refractivity contribution in [2.24, 2.45) is 11.3 Å². The van der Waals surface area contributed by atoms with Crippen LogP contribution in [0.1, 0.15) is 49.0 Å². The largest absolute Gasteiger partial charge is 0.489 e. The highest BCUT2D eigenvalue weighted by molar-refractivity contribution is 6.17. The van der Waals surface area contributed by atoms with Crippen LogP contribution in [0, 0.1) is 11.3 Å². The van der Waals surface area contributed by atoms with Crippen molar-refractivity contribution in [3.8, 4) is 5.75 Å². The Balaban J connectivity index is 1.74. The molecule has 4 nitrogen and oxygen atoms in total. The second kappa shape index (κ2) is 6.93. The summed E-state index contributed by atoms with van der Waals surface area (Å²) in [6.45, 7) is 7.70. The summed E-state index contributed by atoms with van der Waals surface area (Å²) in [7, 11) is 0. The molecule has 1 aromatic carbocycles. The molecule has 0 bridgehead atoms. The minimum atomic E-state index is -0.948. The van der Waals surface area contributed by atoms with Crippen molar-refractivity contribution >= 4 is 17.6 Å². The highest BCUT2D eigenvalue weighted by Crippen LogP contribution is 2.54. The number of carboxylic acids is 1. The lowest BCUT2D eigenvalue weighted by molar-refractivity contribution is 0.0216. The van der Waals surface area contributed by atoms with Gasteiger partial charge in [-0.15, -0.1) is 11.6 Å². The van der Waals surface area contributed by atoms with Crippen LogP contribution < -0.4 is 4.74 Å². The van der Waals surface area contributed by atoms with Crippen LogP contribution in [-0.4, -0.2) is 41.7 Å². The number of benzene rings is 1. The van der Waals surface area contributed by atoms with Gasteiger partial charge in [0, 0.05) is 24.4 Å². The van der Waals surface area contributed by atoms with Crippen LogP contribution in [0.2, 0.25) is 0 Å². The molecule has 0 aromatic heterocycles. The number of aromatic carboxylic acids is 1. The molecule has 1 aliphatic heterocycles. The van der Waals surface area contributed by atoms with E-state index >= 15 is 0 Å². The van der Waals surface area contributed by atoms with Gasteiger partial charge in [-0.25, -0.2) is 4.79 Å². The third-order valence-electron chi connectivity index (χ3n) is 5.28. The van der Waals surface area contributed by atoms with Crippen LogP contribution in [0.4, 0.5) is 0 Å². The molecule has 2 aliphatic rings. The van der Waals surface area contributed by atoms with Gasteiger partial charge in [-0.1, -0.05) is 13.8 Å². The van der Waals surface area contributed by atoms with Crippen LogP contribution >= 0.6 is 11.6 Å². The molecule has 1 aromatic rings. The van der Waals surface area contributed by atoms with Crippen molar-refractivity contribution < 1.29 is 14.6 Å². The molecule has 0 unspecified atom stereocenters. The SMILES string of the molecule is CC(C)CN1CCC2(CC2)[C@@H](Oc2ccc(C(=O)O)c(CCl)c2)C1. The average molecular weight is 352 g/mol. The molecule has 1 saturated carbocycles. The van der Waals surface area contributed by atoms with E-state index in [0.29, 0.717) is 16.9 Å². The highest BCUT2D eigenvalue weighted by Gasteiger charge is 2.53. The monoisotopic (exact) mass is 351 g/mol. The Bertz CT molecular complexity index is 613. The van der Waals surface area contributed by atoms with Gasteiger partial charge in [-0.05, 0) is 55.5 Å². The highest BCUT2D eigenvalue weighted by atomic mass is 35.5. The van der Waals surface area contributed by atoms with Gasteiger partial charge in [0.1, 0.15) is 11.9 Å². The standard InChI is InChI=1S/C19H26ClNO3/c1-13(2)11-21-8-7-19(5-6-19)17(12-21)24-15-3-4-16(18(22)23)14(9-15)10-20/h3-4,9,13,17H,5-8,10-12H2,1-2H3,(H,22,23)/t17-/m0/s1. The first-order valence-electron chi connectivity index (χ1n) is 8.75. The van der Waals surface area contributed by atoms with Crippen LogP contribution in [0.25, 0.3) is 0 Å². The molecule has 2 fully saturated rings. The van der Waals surface area contributed by atoms with Crippen molar-refractivity contribution in [3.05, 3.63) is 29.3 Å². The average Bonchev–Trinajstić information content (AvgIpc) is 3.31. The van der Waals surface area contributed by atoms with E-state index in [4.69, 9.17) is 16.3 Å². The first kappa shape index (κ1) is 17.6. The van der Waals surface area contributed by atoms with E-state index in [1.54, 1.807) is 18.2 Å². The van der Waals surface area contributed by atoms with Gasteiger partial charge in [0.15, 0.2) is 0 Å². The third-order valence-corrected chi connectivity index (χ3v) is 5.57. The van der Waals surface area contributed by atoms with Crippen molar-refractivity contribution in [2.75, 3.05) is 19.6 Å². The fourth-order valence-electron chi connectivity index (χ4n) is 3.77. The summed E-state index contributed by atoms with van der Waals surface area (Å²) in [6.07, 6.45) is 3.86. The molecular weight excluding hydrogens is 326 g/mol. The van der Waals surface area contributed by atoms with E-state index < -0.39 is 5.97 Å². The second-order valence-corrected chi connectivity index (χ2v) is 7.90. The van der Waals surface area contributed by atoms with Gasteiger partial charge in [0.2, 0.25) is 0 Å². The number of halogens is 1. The smallest absolute Gasteiger partial charge is 0.336 e. The Hall–Kier alpha value is -1.26. The number of rotatable bonds is 6. The fraction of sp³-hybridized carbons (Fsp3) is 0.632. The quantitative estimate of drug-likeness (QED) is 0.786. The lowest BCUT2D eigenvalue weighted by Crippen LogP contribution is -2.48. The molecule has 3 rings (SSSR count). The van der Waals surface area contributed by atoms with Crippen molar-refractivity contribution in [3.63, 3.8) is 0 Å². The lowest BCUT2D eigenvalue weighted by atomic mass is 9.90. The van der Waals surface area contributed by atoms with Crippen molar-refractivity contribution in [2.45, 2.75) is 45.1 Å². The fourth-order valence-corrected chi connectivity index (χ4v) is 3.99. The topological polar surface area (TPSA) is 49.8 Å². The third kappa shape index (κ3) is 3.70. The Kier molecular flexibility index (Phi) is 5.07. The van der Waals surface area contributed by atoms with Gasteiger partial charge in [-0.3, -0.25) is 4.90 Å². The van der Waals surface area contributed by atoms with Crippen molar-refractivity contribution in [1.29, 1.82) is 0 Å². The number of hydrogen-bond donors (Lipinski definition) is 1. The molecule has 5 heteroatoms. The van der Waals surface area contributed by atoms with Gasteiger partial charge in [0.25, 0.3) is 0 Å². The van der Waals surface area contributed by atoms with Crippen LogP contribution in [0.15, 0.2) is 18.2 Å². The maximum absolute atomic E-state index is 11.2. The summed E-state index contributed by atoms with van der Waals surface area (Å²) in [5, 5.41) is 9.21.